The maximum absolute atomic E-state index is 13.3. The van der Waals surface area contributed by atoms with Gasteiger partial charge < -0.3 is 9.88 Å². The molecule has 0 saturated heterocycles. The molecule has 4 nitrogen and oxygen atoms in total. The van der Waals surface area contributed by atoms with Gasteiger partial charge in [-0.2, -0.15) is 0 Å². The molecule has 0 radical (unpaired) electrons. The third-order valence-corrected chi connectivity index (χ3v) is 3.65. The Bertz CT molecular complexity index is 579. The molecule has 100 valence electrons. The Kier molecular flexibility index (Phi) is 3.29. The van der Waals surface area contributed by atoms with Crippen LogP contribution in [0.5, 0.6) is 0 Å². The summed E-state index contributed by atoms with van der Waals surface area (Å²) in [7, 11) is 0. The Morgan fingerprint density at radius 3 is 3.16 bits per heavy atom. The lowest BCUT2D eigenvalue weighted by Gasteiger charge is -2.22. The molecule has 1 aliphatic rings. The minimum Gasteiger partial charge on any atom is -0.327 e. The number of halogens is 1. The van der Waals surface area contributed by atoms with Crippen LogP contribution >= 0.6 is 0 Å². The summed E-state index contributed by atoms with van der Waals surface area (Å²) >= 11 is 0. The molecule has 1 atom stereocenters. The van der Waals surface area contributed by atoms with Crippen molar-refractivity contribution in [1.82, 2.24) is 19.9 Å². The summed E-state index contributed by atoms with van der Waals surface area (Å²) in [6.45, 7) is 3.89. The fourth-order valence-corrected chi connectivity index (χ4v) is 2.73. The van der Waals surface area contributed by atoms with Gasteiger partial charge in [0.05, 0.1) is 24.3 Å². The second kappa shape index (κ2) is 5.09. The summed E-state index contributed by atoms with van der Waals surface area (Å²) in [6, 6.07) is 1.67. The van der Waals surface area contributed by atoms with E-state index in [2.05, 4.69) is 26.8 Å². The van der Waals surface area contributed by atoms with Gasteiger partial charge in [-0.05, 0) is 18.1 Å². The first-order valence-corrected chi connectivity index (χ1v) is 6.65. The van der Waals surface area contributed by atoms with Gasteiger partial charge >= 0.3 is 0 Å². The average Bonchev–Trinajstić information content (AvgIpc) is 2.84. The van der Waals surface area contributed by atoms with Crippen molar-refractivity contribution in [3.63, 3.8) is 0 Å². The van der Waals surface area contributed by atoms with Crippen molar-refractivity contribution < 1.29 is 4.39 Å². The molecule has 3 heterocycles. The van der Waals surface area contributed by atoms with Crippen LogP contribution in [-0.2, 0) is 13.0 Å². The number of hydrogen-bond donors (Lipinski definition) is 1. The first-order valence-electron chi connectivity index (χ1n) is 6.65. The number of fused-ring (bicyclic) bond motifs is 1. The number of imidazole rings is 1. The predicted molar refractivity (Wildman–Crippen MR) is 70.3 cm³/mol. The number of nitrogens with one attached hydrogen (secondary N) is 1. The molecule has 1 unspecified atom stereocenters. The SMILES string of the molecule is CCC(c1cncc(F)c1)n1cnc2c1CCNC2. The zero-order valence-corrected chi connectivity index (χ0v) is 10.9. The van der Waals surface area contributed by atoms with Crippen LogP contribution in [0.15, 0.2) is 24.8 Å². The van der Waals surface area contributed by atoms with Crippen LogP contribution in [0.4, 0.5) is 4.39 Å². The lowest BCUT2D eigenvalue weighted by molar-refractivity contribution is 0.517. The maximum atomic E-state index is 13.3. The van der Waals surface area contributed by atoms with E-state index in [1.54, 1.807) is 12.3 Å². The van der Waals surface area contributed by atoms with E-state index < -0.39 is 0 Å². The van der Waals surface area contributed by atoms with E-state index in [1.165, 1.54) is 11.9 Å². The van der Waals surface area contributed by atoms with Crippen molar-refractivity contribution in [2.75, 3.05) is 6.54 Å². The fraction of sp³-hybridized carbons (Fsp3) is 0.429. The highest BCUT2D eigenvalue weighted by Gasteiger charge is 2.20. The molecular weight excluding hydrogens is 243 g/mol. The first kappa shape index (κ1) is 12.3. The van der Waals surface area contributed by atoms with E-state index in [1.807, 2.05) is 6.33 Å². The van der Waals surface area contributed by atoms with Gasteiger partial charge in [0.2, 0.25) is 0 Å². The third-order valence-electron chi connectivity index (χ3n) is 3.65. The van der Waals surface area contributed by atoms with Gasteiger partial charge in [0, 0.05) is 31.4 Å². The maximum Gasteiger partial charge on any atom is 0.141 e. The zero-order valence-electron chi connectivity index (χ0n) is 10.9. The van der Waals surface area contributed by atoms with Gasteiger partial charge in [-0.3, -0.25) is 4.98 Å². The number of aromatic nitrogens is 3. The summed E-state index contributed by atoms with van der Waals surface area (Å²) in [4.78, 5) is 8.41. The molecule has 3 rings (SSSR count). The van der Waals surface area contributed by atoms with Crippen LogP contribution in [0.1, 0.15) is 36.3 Å². The summed E-state index contributed by atoms with van der Waals surface area (Å²) in [6.07, 6.45) is 6.71. The molecular formula is C14H17FN4. The van der Waals surface area contributed by atoms with Gasteiger partial charge in [0.15, 0.2) is 0 Å². The largest absolute Gasteiger partial charge is 0.327 e. The highest BCUT2D eigenvalue weighted by atomic mass is 19.1. The van der Waals surface area contributed by atoms with Crippen molar-refractivity contribution in [3.05, 3.63) is 47.6 Å². The van der Waals surface area contributed by atoms with Crippen LogP contribution in [0, 0.1) is 5.82 Å². The van der Waals surface area contributed by atoms with Crippen molar-refractivity contribution in [2.45, 2.75) is 32.4 Å². The first-order chi connectivity index (χ1) is 9.29. The highest BCUT2D eigenvalue weighted by Crippen LogP contribution is 2.26. The molecule has 1 aliphatic heterocycles. The number of nitrogens with zero attached hydrogens (tertiary/aromatic N) is 3. The summed E-state index contributed by atoms with van der Waals surface area (Å²) < 4.78 is 15.5. The molecule has 19 heavy (non-hydrogen) atoms. The quantitative estimate of drug-likeness (QED) is 0.918. The second-order valence-corrected chi connectivity index (χ2v) is 4.83. The van der Waals surface area contributed by atoms with Crippen molar-refractivity contribution in [2.24, 2.45) is 0 Å². The van der Waals surface area contributed by atoms with Crippen LogP contribution in [0.25, 0.3) is 0 Å². The molecule has 0 fully saturated rings. The Labute approximate surface area is 111 Å². The van der Waals surface area contributed by atoms with E-state index in [9.17, 15) is 4.39 Å². The second-order valence-electron chi connectivity index (χ2n) is 4.83. The predicted octanol–water partition coefficient (Wildman–Crippen LogP) is 2.06. The van der Waals surface area contributed by atoms with E-state index in [0.29, 0.717) is 0 Å². The van der Waals surface area contributed by atoms with E-state index in [4.69, 9.17) is 0 Å². The van der Waals surface area contributed by atoms with E-state index >= 15 is 0 Å². The lowest BCUT2D eigenvalue weighted by Crippen LogP contribution is -2.26. The van der Waals surface area contributed by atoms with Crippen molar-refractivity contribution in [1.29, 1.82) is 0 Å². The fourth-order valence-electron chi connectivity index (χ4n) is 2.73. The lowest BCUT2D eigenvalue weighted by atomic mass is 10.0. The minimum absolute atomic E-state index is 0.109. The van der Waals surface area contributed by atoms with Gasteiger partial charge in [0.1, 0.15) is 5.82 Å². The van der Waals surface area contributed by atoms with E-state index in [0.717, 1.165) is 37.2 Å². The zero-order chi connectivity index (χ0) is 13.2. The summed E-state index contributed by atoms with van der Waals surface area (Å²) in [5.41, 5.74) is 3.27. The van der Waals surface area contributed by atoms with Gasteiger partial charge in [-0.1, -0.05) is 6.92 Å². The third kappa shape index (κ3) is 2.26. The van der Waals surface area contributed by atoms with Crippen molar-refractivity contribution >= 4 is 0 Å². The number of pyridine rings is 1. The smallest absolute Gasteiger partial charge is 0.141 e. The Morgan fingerprint density at radius 1 is 1.47 bits per heavy atom. The molecule has 0 bridgehead atoms. The molecule has 2 aromatic heterocycles. The molecule has 0 spiro atoms. The molecule has 0 aromatic carbocycles. The molecule has 2 aromatic rings. The molecule has 1 N–H and O–H groups in total. The van der Waals surface area contributed by atoms with E-state index in [-0.39, 0.29) is 11.9 Å². The molecule has 0 aliphatic carbocycles. The molecule has 5 heteroatoms. The monoisotopic (exact) mass is 260 g/mol. The summed E-state index contributed by atoms with van der Waals surface area (Å²) in [5.74, 6) is -0.286. The topological polar surface area (TPSA) is 42.7 Å². The normalized spacial score (nSPS) is 16.1. The van der Waals surface area contributed by atoms with Crippen LogP contribution < -0.4 is 5.32 Å². The van der Waals surface area contributed by atoms with Crippen LogP contribution in [0.2, 0.25) is 0 Å². The molecule has 0 saturated carbocycles. The van der Waals surface area contributed by atoms with Gasteiger partial charge in [-0.25, -0.2) is 9.37 Å². The van der Waals surface area contributed by atoms with Crippen LogP contribution in [0.3, 0.4) is 0 Å². The standard InChI is InChI=1S/C14H17FN4/c1-2-13(10-5-11(15)7-17-6-10)19-9-18-12-8-16-4-3-14(12)19/h5-7,9,13,16H,2-4,8H2,1H3. The van der Waals surface area contributed by atoms with Crippen LogP contribution in [-0.4, -0.2) is 21.1 Å². The Morgan fingerprint density at radius 2 is 2.37 bits per heavy atom. The number of rotatable bonds is 3. The molecule has 0 amide bonds. The van der Waals surface area contributed by atoms with Gasteiger partial charge in [0.25, 0.3) is 0 Å². The Balaban J connectivity index is 2.01. The highest BCUT2D eigenvalue weighted by molar-refractivity contribution is 5.23. The summed E-state index contributed by atoms with van der Waals surface area (Å²) in [5, 5.41) is 3.31. The number of hydrogen-bond acceptors (Lipinski definition) is 3. The average molecular weight is 260 g/mol. The Hall–Kier alpha value is -1.75. The van der Waals surface area contributed by atoms with Crippen molar-refractivity contribution in [3.8, 4) is 0 Å². The minimum atomic E-state index is -0.286. The van der Waals surface area contributed by atoms with Gasteiger partial charge in [-0.15, -0.1) is 0 Å².